The average molecular weight is 493 g/mol. The van der Waals surface area contributed by atoms with Crippen LogP contribution in [0.25, 0.3) is 5.69 Å². The molecule has 2 atom stereocenters. The monoisotopic (exact) mass is 492 g/mol. The quantitative estimate of drug-likeness (QED) is 0.421. The molecule has 35 heavy (non-hydrogen) atoms. The molecule has 0 unspecified atom stereocenters. The van der Waals surface area contributed by atoms with E-state index in [1.807, 2.05) is 30.3 Å². The molecule has 0 radical (unpaired) electrons. The summed E-state index contributed by atoms with van der Waals surface area (Å²) < 4.78 is 29.6. The average Bonchev–Trinajstić information content (AvgIpc) is 3.18. The van der Waals surface area contributed by atoms with Gasteiger partial charge >= 0.3 is 0 Å². The summed E-state index contributed by atoms with van der Waals surface area (Å²) in [5.41, 5.74) is 2.51. The van der Waals surface area contributed by atoms with Gasteiger partial charge in [-0.25, -0.2) is 13.5 Å². The van der Waals surface area contributed by atoms with Gasteiger partial charge in [-0.05, 0) is 61.0 Å². The number of para-hydroxylation sites is 1. The van der Waals surface area contributed by atoms with Gasteiger partial charge in [-0.2, -0.15) is 5.10 Å². The molecule has 0 fully saturated rings. The SMILES string of the molecule is Cc1nn(-c2ccccc2)c2c1[C@@H](c1ccc(F)c(F)c1)[C@H](NC(=O)c1ccc(Cl)cc1)C(=O)N2. The van der Waals surface area contributed by atoms with E-state index >= 15 is 0 Å². The Hall–Kier alpha value is -4.04. The lowest BCUT2D eigenvalue weighted by Crippen LogP contribution is -2.50. The van der Waals surface area contributed by atoms with Gasteiger partial charge in [0.2, 0.25) is 5.91 Å². The molecule has 2 N–H and O–H groups in total. The number of hydrogen-bond donors (Lipinski definition) is 2. The Morgan fingerprint density at radius 3 is 2.43 bits per heavy atom. The topological polar surface area (TPSA) is 76.0 Å². The second-order valence-corrected chi connectivity index (χ2v) is 8.63. The number of carbonyl (C=O) groups excluding carboxylic acids is 2. The normalized spacial score (nSPS) is 17.0. The van der Waals surface area contributed by atoms with E-state index in [-0.39, 0.29) is 0 Å². The number of halogens is 3. The Labute approximate surface area is 204 Å². The smallest absolute Gasteiger partial charge is 0.251 e. The number of hydrogen-bond acceptors (Lipinski definition) is 3. The van der Waals surface area contributed by atoms with Crippen molar-refractivity contribution in [1.82, 2.24) is 15.1 Å². The number of nitrogens with one attached hydrogen (secondary N) is 2. The molecular weight excluding hydrogens is 474 g/mol. The second kappa shape index (κ2) is 8.96. The van der Waals surface area contributed by atoms with E-state index in [4.69, 9.17) is 11.6 Å². The first-order valence-electron chi connectivity index (χ1n) is 10.8. The summed E-state index contributed by atoms with van der Waals surface area (Å²) in [7, 11) is 0. The molecule has 2 amide bonds. The van der Waals surface area contributed by atoms with Crippen LogP contribution in [0.1, 0.15) is 33.1 Å². The maximum Gasteiger partial charge on any atom is 0.251 e. The van der Waals surface area contributed by atoms with Crippen LogP contribution in [0.15, 0.2) is 72.8 Å². The van der Waals surface area contributed by atoms with E-state index in [1.54, 1.807) is 23.7 Å². The number of anilines is 1. The van der Waals surface area contributed by atoms with Gasteiger partial charge in [0, 0.05) is 22.1 Å². The largest absolute Gasteiger partial charge is 0.339 e. The maximum atomic E-state index is 14.3. The molecular formula is C26H19ClF2N4O2. The second-order valence-electron chi connectivity index (χ2n) is 8.19. The maximum absolute atomic E-state index is 14.3. The van der Waals surface area contributed by atoms with Gasteiger partial charge in [0.25, 0.3) is 5.91 Å². The summed E-state index contributed by atoms with van der Waals surface area (Å²) in [5.74, 6) is -3.48. The van der Waals surface area contributed by atoms with E-state index in [2.05, 4.69) is 15.7 Å². The molecule has 2 heterocycles. The number of rotatable bonds is 4. The summed E-state index contributed by atoms with van der Waals surface area (Å²) in [6.45, 7) is 1.76. The predicted molar refractivity (Wildman–Crippen MR) is 128 cm³/mol. The lowest BCUT2D eigenvalue weighted by Gasteiger charge is -2.33. The van der Waals surface area contributed by atoms with E-state index in [9.17, 15) is 18.4 Å². The van der Waals surface area contributed by atoms with Crippen molar-refractivity contribution in [2.24, 2.45) is 0 Å². The number of carbonyl (C=O) groups is 2. The predicted octanol–water partition coefficient (Wildman–Crippen LogP) is 4.99. The molecule has 1 aromatic heterocycles. The van der Waals surface area contributed by atoms with E-state index < -0.39 is 35.4 Å². The van der Waals surface area contributed by atoms with Crippen molar-refractivity contribution in [1.29, 1.82) is 0 Å². The third-order valence-corrected chi connectivity index (χ3v) is 6.22. The fourth-order valence-electron chi connectivity index (χ4n) is 4.34. The zero-order valence-corrected chi connectivity index (χ0v) is 19.2. The molecule has 3 aromatic carbocycles. The van der Waals surface area contributed by atoms with Gasteiger partial charge in [-0.1, -0.05) is 35.9 Å². The Morgan fingerprint density at radius 1 is 1.03 bits per heavy atom. The summed E-state index contributed by atoms with van der Waals surface area (Å²) in [5, 5.41) is 10.7. The molecule has 0 bridgehead atoms. The molecule has 0 aliphatic carbocycles. The van der Waals surface area contributed by atoms with Crippen LogP contribution in [0, 0.1) is 18.6 Å². The molecule has 1 aliphatic heterocycles. The molecule has 0 saturated carbocycles. The summed E-state index contributed by atoms with van der Waals surface area (Å²) in [6, 6.07) is 17.8. The van der Waals surface area contributed by atoms with Gasteiger partial charge in [0.1, 0.15) is 11.9 Å². The Kier molecular flexibility index (Phi) is 5.82. The zero-order valence-electron chi connectivity index (χ0n) is 18.4. The van der Waals surface area contributed by atoms with Crippen LogP contribution in [-0.2, 0) is 4.79 Å². The van der Waals surface area contributed by atoms with Crippen molar-refractivity contribution in [2.75, 3.05) is 5.32 Å². The first-order valence-corrected chi connectivity index (χ1v) is 11.2. The number of amides is 2. The molecule has 5 rings (SSSR count). The van der Waals surface area contributed by atoms with Crippen molar-refractivity contribution in [3.8, 4) is 5.69 Å². The Bertz CT molecular complexity index is 1440. The summed E-state index contributed by atoms with van der Waals surface area (Å²) in [6.07, 6.45) is 0. The first-order chi connectivity index (χ1) is 16.8. The highest BCUT2D eigenvalue weighted by molar-refractivity contribution is 6.30. The van der Waals surface area contributed by atoms with Crippen molar-refractivity contribution >= 4 is 29.2 Å². The number of nitrogens with zero attached hydrogens (tertiary/aromatic N) is 2. The van der Waals surface area contributed by atoms with Crippen LogP contribution in [0.4, 0.5) is 14.6 Å². The van der Waals surface area contributed by atoms with Crippen LogP contribution < -0.4 is 10.6 Å². The molecule has 1 aliphatic rings. The molecule has 6 nitrogen and oxygen atoms in total. The highest BCUT2D eigenvalue weighted by atomic mass is 35.5. The van der Waals surface area contributed by atoms with Crippen LogP contribution in [0.2, 0.25) is 5.02 Å². The van der Waals surface area contributed by atoms with Gasteiger partial charge in [0.15, 0.2) is 11.6 Å². The minimum Gasteiger partial charge on any atom is -0.339 e. The standard InChI is InChI=1S/C26H19ClF2N4O2/c1-14-21-22(16-9-12-19(28)20(29)13-16)23(30-25(34)15-7-10-17(27)11-8-15)26(35)31-24(21)33(32-14)18-5-3-2-4-6-18/h2-13,22-23H,1H3,(H,30,34)(H,31,35)/t22-,23+/m1/s1. The number of aryl methyl sites for hydroxylation is 1. The molecule has 4 aromatic rings. The van der Waals surface area contributed by atoms with Gasteiger partial charge < -0.3 is 10.6 Å². The highest BCUT2D eigenvalue weighted by Crippen LogP contribution is 2.41. The van der Waals surface area contributed by atoms with Crippen molar-refractivity contribution in [3.05, 3.63) is 112 Å². The van der Waals surface area contributed by atoms with Gasteiger partial charge in [0.05, 0.1) is 11.4 Å². The zero-order chi connectivity index (χ0) is 24.7. The minimum atomic E-state index is -1.11. The lowest BCUT2D eigenvalue weighted by molar-refractivity contribution is -0.118. The van der Waals surface area contributed by atoms with Crippen molar-refractivity contribution in [2.45, 2.75) is 18.9 Å². The fourth-order valence-corrected chi connectivity index (χ4v) is 4.47. The lowest BCUT2D eigenvalue weighted by atomic mass is 9.81. The molecule has 176 valence electrons. The Morgan fingerprint density at radius 2 is 1.74 bits per heavy atom. The van der Waals surface area contributed by atoms with E-state index in [0.29, 0.717) is 38.9 Å². The van der Waals surface area contributed by atoms with E-state index in [0.717, 1.165) is 12.1 Å². The van der Waals surface area contributed by atoms with Gasteiger partial charge in [-0.3, -0.25) is 9.59 Å². The number of fused-ring (bicyclic) bond motifs is 1. The van der Waals surface area contributed by atoms with Crippen LogP contribution >= 0.6 is 11.6 Å². The minimum absolute atomic E-state index is 0.300. The van der Waals surface area contributed by atoms with Crippen molar-refractivity contribution < 1.29 is 18.4 Å². The first kappa shape index (κ1) is 22.7. The Balaban J connectivity index is 1.63. The molecule has 0 saturated heterocycles. The third-order valence-electron chi connectivity index (χ3n) is 5.97. The highest BCUT2D eigenvalue weighted by Gasteiger charge is 2.42. The van der Waals surface area contributed by atoms with Crippen molar-refractivity contribution in [3.63, 3.8) is 0 Å². The molecule has 9 heteroatoms. The van der Waals surface area contributed by atoms with Gasteiger partial charge in [-0.15, -0.1) is 0 Å². The fraction of sp³-hybridized carbons (Fsp3) is 0.115. The van der Waals surface area contributed by atoms with Crippen LogP contribution in [-0.4, -0.2) is 27.6 Å². The summed E-state index contributed by atoms with van der Waals surface area (Å²) in [4.78, 5) is 26.4. The van der Waals surface area contributed by atoms with Crippen LogP contribution in [0.5, 0.6) is 0 Å². The molecule has 0 spiro atoms. The third kappa shape index (κ3) is 4.17. The summed E-state index contributed by atoms with van der Waals surface area (Å²) >= 11 is 5.92. The van der Waals surface area contributed by atoms with E-state index in [1.165, 1.54) is 18.2 Å². The number of benzene rings is 3. The van der Waals surface area contributed by atoms with Crippen LogP contribution in [0.3, 0.4) is 0 Å². The number of aromatic nitrogens is 2.